The Balaban J connectivity index is 1.99. The van der Waals surface area contributed by atoms with Crippen molar-refractivity contribution in [3.63, 3.8) is 0 Å². The Morgan fingerprint density at radius 1 is 1.18 bits per heavy atom. The molecular formula is C19H15FN6O2. The van der Waals surface area contributed by atoms with Crippen molar-refractivity contribution in [2.75, 3.05) is 12.4 Å². The molecule has 1 aromatic carbocycles. The fraction of sp³-hybridized carbons (Fsp3) is 0.105. The number of pyridine rings is 1. The van der Waals surface area contributed by atoms with E-state index in [1.54, 1.807) is 42.2 Å². The number of rotatable bonds is 5. The van der Waals surface area contributed by atoms with E-state index in [1.807, 2.05) is 0 Å². The van der Waals surface area contributed by atoms with Gasteiger partial charge in [-0.3, -0.25) is 9.48 Å². The predicted molar refractivity (Wildman–Crippen MR) is 101 cm³/mol. The highest BCUT2D eigenvalue weighted by atomic mass is 19.1. The first-order valence-corrected chi connectivity index (χ1v) is 8.31. The minimum Gasteiger partial charge on any atom is -0.493 e. The lowest BCUT2D eigenvalue weighted by atomic mass is 10.0. The van der Waals surface area contributed by atoms with Gasteiger partial charge in [0.2, 0.25) is 6.41 Å². The topological polar surface area (TPSA) is 94.8 Å². The number of benzene rings is 1. The molecule has 4 rings (SSSR count). The molecule has 0 saturated heterocycles. The molecule has 0 atom stereocenters. The summed E-state index contributed by atoms with van der Waals surface area (Å²) in [6, 6.07) is 8.04. The second-order valence-corrected chi connectivity index (χ2v) is 5.94. The molecule has 0 aliphatic rings. The fourth-order valence-corrected chi connectivity index (χ4v) is 2.99. The van der Waals surface area contributed by atoms with Crippen LogP contribution in [-0.2, 0) is 11.8 Å². The monoisotopic (exact) mass is 378 g/mol. The summed E-state index contributed by atoms with van der Waals surface area (Å²) in [7, 11) is 3.21. The molecule has 1 N–H and O–H groups in total. The Morgan fingerprint density at radius 3 is 2.75 bits per heavy atom. The standard InChI is InChI=1S/C19H15FN6O2/c1-26-8-12(16(25-26)11-5-3-4-6-13(11)20)17-18-14(21-9-22-17)7-15(28-2)19(24-18)23-10-27/h3-10H,1-2H3,(H,23,24,27). The van der Waals surface area contributed by atoms with Crippen LogP contribution in [0.2, 0.25) is 0 Å². The highest BCUT2D eigenvalue weighted by molar-refractivity contribution is 5.95. The molecule has 3 heterocycles. The van der Waals surface area contributed by atoms with Crippen molar-refractivity contribution in [2.24, 2.45) is 7.05 Å². The Kier molecular flexibility index (Phi) is 4.40. The van der Waals surface area contributed by atoms with E-state index in [2.05, 4.69) is 25.4 Å². The molecule has 28 heavy (non-hydrogen) atoms. The van der Waals surface area contributed by atoms with E-state index in [-0.39, 0.29) is 5.82 Å². The second-order valence-electron chi connectivity index (χ2n) is 5.94. The number of hydrogen-bond acceptors (Lipinski definition) is 6. The summed E-state index contributed by atoms with van der Waals surface area (Å²) in [5, 5.41) is 6.91. The minimum absolute atomic E-state index is 0.234. The van der Waals surface area contributed by atoms with Crippen LogP contribution in [0.5, 0.6) is 5.75 Å². The van der Waals surface area contributed by atoms with E-state index in [9.17, 15) is 9.18 Å². The van der Waals surface area contributed by atoms with Crippen LogP contribution < -0.4 is 10.1 Å². The summed E-state index contributed by atoms with van der Waals surface area (Å²) in [4.78, 5) is 24.0. The molecule has 3 aromatic heterocycles. The minimum atomic E-state index is -0.390. The summed E-state index contributed by atoms with van der Waals surface area (Å²) in [6.07, 6.45) is 3.64. The zero-order valence-electron chi connectivity index (χ0n) is 15.0. The van der Waals surface area contributed by atoms with Crippen LogP contribution in [0, 0.1) is 5.82 Å². The average Bonchev–Trinajstić information content (AvgIpc) is 3.09. The van der Waals surface area contributed by atoms with Crippen molar-refractivity contribution < 1.29 is 13.9 Å². The van der Waals surface area contributed by atoms with Crippen LogP contribution in [0.1, 0.15) is 0 Å². The van der Waals surface area contributed by atoms with Crippen LogP contribution in [0.3, 0.4) is 0 Å². The zero-order chi connectivity index (χ0) is 19.7. The number of nitrogens with zero attached hydrogens (tertiary/aromatic N) is 5. The lowest BCUT2D eigenvalue weighted by molar-refractivity contribution is -0.105. The second kappa shape index (κ2) is 7.03. The van der Waals surface area contributed by atoms with E-state index in [4.69, 9.17) is 4.74 Å². The number of anilines is 1. The van der Waals surface area contributed by atoms with Crippen LogP contribution in [0.25, 0.3) is 33.5 Å². The van der Waals surface area contributed by atoms with Crippen LogP contribution >= 0.6 is 0 Å². The Labute approximate surface area is 159 Å². The number of nitrogens with one attached hydrogen (secondary N) is 1. The molecule has 0 fully saturated rings. The fourth-order valence-electron chi connectivity index (χ4n) is 2.99. The SMILES string of the molecule is COc1cc2ncnc(-c3cn(C)nc3-c3ccccc3F)c2nc1NC=O. The van der Waals surface area contributed by atoms with Crippen molar-refractivity contribution in [1.82, 2.24) is 24.7 Å². The Bertz CT molecular complexity index is 1190. The molecule has 8 nitrogen and oxygen atoms in total. The van der Waals surface area contributed by atoms with Crippen molar-refractivity contribution in [1.29, 1.82) is 0 Å². The Hall–Kier alpha value is -3.88. The van der Waals surface area contributed by atoms with Crippen LogP contribution in [-0.4, -0.2) is 38.3 Å². The molecule has 0 saturated carbocycles. The van der Waals surface area contributed by atoms with Crippen LogP contribution in [0.4, 0.5) is 10.2 Å². The van der Waals surface area contributed by atoms with E-state index >= 15 is 0 Å². The van der Waals surface area contributed by atoms with E-state index in [0.29, 0.717) is 45.7 Å². The maximum Gasteiger partial charge on any atom is 0.212 e. The van der Waals surface area contributed by atoms with Gasteiger partial charge in [0.15, 0.2) is 11.6 Å². The van der Waals surface area contributed by atoms with Crippen molar-refractivity contribution in [2.45, 2.75) is 0 Å². The molecule has 4 aromatic rings. The third kappa shape index (κ3) is 2.92. The molecule has 1 amide bonds. The quantitative estimate of drug-likeness (QED) is 0.537. The number of carbonyl (C=O) groups excluding carboxylic acids is 1. The van der Waals surface area contributed by atoms with Gasteiger partial charge in [0.25, 0.3) is 0 Å². The molecule has 0 unspecified atom stereocenters. The maximum absolute atomic E-state index is 14.4. The van der Waals surface area contributed by atoms with Crippen LogP contribution in [0.15, 0.2) is 42.9 Å². The van der Waals surface area contributed by atoms with Crippen molar-refractivity contribution in [3.05, 3.63) is 48.7 Å². The van der Waals surface area contributed by atoms with Gasteiger partial charge in [0.05, 0.1) is 12.6 Å². The van der Waals surface area contributed by atoms with Gasteiger partial charge in [-0.1, -0.05) is 12.1 Å². The molecule has 140 valence electrons. The Morgan fingerprint density at radius 2 is 2.00 bits per heavy atom. The maximum atomic E-state index is 14.4. The average molecular weight is 378 g/mol. The number of ether oxygens (including phenoxy) is 1. The van der Waals surface area contributed by atoms with Gasteiger partial charge >= 0.3 is 0 Å². The number of aromatic nitrogens is 5. The molecule has 0 bridgehead atoms. The van der Waals surface area contributed by atoms with E-state index in [1.165, 1.54) is 19.5 Å². The summed E-state index contributed by atoms with van der Waals surface area (Å²) in [5.74, 6) is 0.209. The van der Waals surface area contributed by atoms with Gasteiger partial charge in [-0.2, -0.15) is 5.10 Å². The highest BCUT2D eigenvalue weighted by Gasteiger charge is 2.20. The van der Waals surface area contributed by atoms with Gasteiger partial charge < -0.3 is 10.1 Å². The number of carbonyl (C=O) groups is 1. The van der Waals surface area contributed by atoms with Gasteiger partial charge in [-0.25, -0.2) is 19.3 Å². The lowest BCUT2D eigenvalue weighted by Gasteiger charge is -2.10. The molecule has 0 aliphatic carbocycles. The first kappa shape index (κ1) is 17.5. The van der Waals surface area contributed by atoms with Crippen molar-refractivity contribution >= 4 is 23.3 Å². The summed E-state index contributed by atoms with van der Waals surface area (Å²) >= 11 is 0. The van der Waals surface area contributed by atoms with E-state index in [0.717, 1.165) is 0 Å². The van der Waals surface area contributed by atoms with E-state index < -0.39 is 5.82 Å². The molecular weight excluding hydrogens is 363 g/mol. The van der Waals surface area contributed by atoms with Gasteiger partial charge in [0.1, 0.15) is 29.0 Å². The molecule has 0 spiro atoms. The van der Waals surface area contributed by atoms with Gasteiger partial charge in [0, 0.05) is 30.4 Å². The predicted octanol–water partition coefficient (Wildman–Crippen LogP) is 2.81. The zero-order valence-corrected chi connectivity index (χ0v) is 15.0. The van der Waals surface area contributed by atoms with Gasteiger partial charge in [-0.15, -0.1) is 0 Å². The van der Waals surface area contributed by atoms with Gasteiger partial charge in [-0.05, 0) is 12.1 Å². The normalized spacial score (nSPS) is 10.8. The smallest absolute Gasteiger partial charge is 0.212 e. The first-order valence-electron chi connectivity index (χ1n) is 8.31. The first-order chi connectivity index (χ1) is 13.6. The molecule has 0 aliphatic heterocycles. The largest absolute Gasteiger partial charge is 0.493 e. The molecule has 0 radical (unpaired) electrons. The number of methoxy groups -OCH3 is 1. The number of amides is 1. The third-order valence-corrected chi connectivity index (χ3v) is 4.20. The lowest BCUT2D eigenvalue weighted by Crippen LogP contribution is -2.02. The number of hydrogen-bond donors (Lipinski definition) is 1. The number of fused-ring (bicyclic) bond motifs is 1. The highest BCUT2D eigenvalue weighted by Crippen LogP contribution is 2.35. The summed E-state index contributed by atoms with van der Waals surface area (Å²) in [5.41, 5.74) is 2.79. The summed E-state index contributed by atoms with van der Waals surface area (Å²) < 4.78 is 21.2. The summed E-state index contributed by atoms with van der Waals surface area (Å²) in [6.45, 7) is 0. The third-order valence-electron chi connectivity index (χ3n) is 4.20. The number of aryl methyl sites for hydroxylation is 1. The molecule has 9 heteroatoms. The number of halogens is 1. The van der Waals surface area contributed by atoms with Crippen molar-refractivity contribution in [3.8, 4) is 28.3 Å².